The predicted molar refractivity (Wildman–Crippen MR) is 141 cm³/mol. The molecular weight excluding hydrogens is 502 g/mol. The molecule has 0 aliphatic carbocycles. The largest absolute Gasteiger partial charge is 0.492 e. The van der Waals surface area contributed by atoms with Gasteiger partial charge in [-0.25, -0.2) is 18.4 Å². The highest BCUT2D eigenvalue weighted by molar-refractivity contribution is 7.99. The number of aliphatic carboxylic acids is 1. The van der Waals surface area contributed by atoms with Crippen molar-refractivity contribution in [3.63, 3.8) is 0 Å². The summed E-state index contributed by atoms with van der Waals surface area (Å²) in [5, 5.41) is 11.9. The molecule has 0 saturated heterocycles. The van der Waals surface area contributed by atoms with Gasteiger partial charge in [-0.05, 0) is 42.9 Å². The van der Waals surface area contributed by atoms with Gasteiger partial charge in [-0.1, -0.05) is 31.5 Å². The molecule has 2 aromatic carbocycles. The van der Waals surface area contributed by atoms with Gasteiger partial charge < -0.3 is 24.8 Å². The fourth-order valence-corrected chi connectivity index (χ4v) is 4.46. The molecule has 2 amide bonds. The van der Waals surface area contributed by atoms with Crippen LogP contribution in [-0.2, 0) is 22.5 Å². The Hall–Kier alpha value is -2.85. The summed E-state index contributed by atoms with van der Waals surface area (Å²) in [7, 11) is 0. The first-order valence-corrected chi connectivity index (χ1v) is 13.6. The Morgan fingerprint density at radius 1 is 1.08 bits per heavy atom. The maximum atomic E-state index is 13.9. The molecule has 0 spiro atoms. The van der Waals surface area contributed by atoms with Crippen molar-refractivity contribution in [3.05, 3.63) is 65.2 Å². The first-order chi connectivity index (χ1) is 17.8. The molecule has 2 N–H and O–H groups in total. The van der Waals surface area contributed by atoms with Gasteiger partial charge in [-0.15, -0.1) is 0 Å². The number of hydrogen-bond acceptors (Lipinski definition) is 5. The second-order valence-electron chi connectivity index (χ2n) is 8.33. The lowest BCUT2D eigenvalue weighted by molar-refractivity contribution is -0.149. The van der Waals surface area contributed by atoms with Crippen molar-refractivity contribution < 1.29 is 33.0 Å². The summed E-state index contributed by atoms with van der Waals surface area (Å²) in [6, 6.07) is 9.99. The van der Waals surface area contributed by atoms with E-state index in [1.807, 2.05) is 0 Å². The predicted octanol–water partition coefficient (Wildman–Crippen LogP) is 5.12. The van der Waals surface area contributed by atoms with Crippen molar-refractivity contribution in [2.24, 2.45) is 0 Å². The number of urea groups is 1. The molecule has 1 atom stereocenters. The van der Waals surface area contributed by atoms with Gasteiger partial charge in [-0.2, -0.15) is 11.8 Å². The van der Waals surface area contributed by atoms with Crippen LogP contribution in [0, 0.1) is 11.6 Å². The number of nitrogens with one attached hydrogen (secondary N) is 1. The molecule has 0 aliphatic heterocycles. The first kappa shape index (κ1) is 30.4. The number of amides is 2. The summed E-state index contributed by atoms with van der Waals surface area (Å²) in [5.41, 5.74) is 1.02. The quantitative estimate of drug-likeness (QED) is 0.272. The van der Waals surface area contributed by atoms with Crippen LogP contribution in [0.15, 0.2) is 42.5 Å². The smallest absolute Gasteiger partial charge is 0.333 e. The number of carbonyl (C=O) groups is 2. The zero-order valence-electron chi connectivity index (χ0n) is 21.4. The van der Waals surface area contributed by atoms with E-state index in [4.69, 9.17) is 9.47 Å². The molecule has 0 radical (unpaired) electrons. The molecule has 2 aromatic rings. The summed E-state index contributed by atoms with van der Waals surface area (Å²) >= 11 is 1.77. The average Bonchev–Trinajstić information content (AvgIpc) is 2.87. The zero-order valence-corrected chi connectivity index (χ0v) is 22.2. The van der Waals surface area contributed by atoms with E-state index in [9.17, 15) is 23.5 Å². The molecular formula is C27H36F2N2O5S. The molecule has 2 rings (SSSR count). The van der Waals surface area contributed by atoms with Gasteiger partial charge in [0.1, 0.15) is 24.0 Å². The third-order valence-electron chi connectivity index (χ3n) is 5.50. The topological polar surface area (TPSA) is 88.1 Å². The fourth-order valence-electron chi connectivity index (χ4n) is 3.41. The number of halogens is 2. The second kappa shape index (κ2) is 16.8. The van der Waals surface area contributed by atoms with Crippen LogP contribution in [0.4, 0.5) is 13.6 Å². The van der Waals surface area contributed by atoms with Gasteiger partial charge >= 0.3 is 12.0 Å². The fraction of sp³-hybridized carbons (Fsp3) is 0.481. The van der Waals surface area contributed by atoms with Crippen LogP contribution < -0.4 is 10.1 Å². The van der Waals surface area contributed by atoms with Gasteiger partial charge in [0.2, 0.25) is 0 Å². The standard InChI is InChI=1S/C27H36F2N2O5S/c1-3-5-15-37-16-13-31(27(34)30-19-21-8-9-22(28)18-24(21)29)12-14-36-23-10-6-20(7-11-23)17-25(26(32)33)35-4-2/h6-11,18,25H,3-5,12-17,19H2,1-2H3,(H,30,34)(H,32,33). The number of carboxylic acid groups (broad SMARTS) is 1. The van der Waals surface area contributed by atoms with Crippen LogP contribution in [0.2, 0.25) is 0 Å². The van der Waals surface area contributed by atoms with Crippen molar-refractivity contribution in [1.29, 1.82) is 0 Å². The molecule has 1 unspecified atom stereocenters. The Morgan fingerprint density at radius 2 is 1.84 bits per heavy atom. The van der Waals surface area contributed by atoms with E-state index in [1.165, 1.54) is 6.07 Å². The van der Waals surface area contributed by atoms with Gasteiger partial charge in [-0.3, -0.25) is 0 Å². The second-order valence-corrected chi connectivity index (χ2v) is 9.55. The maximum absolute atomic E-state index is 13.9. The summed E-state index contributed by atoms with van der Waals surface area (Å²) in [6.07, 6.45) is 1.57. The van der Waals surface area contributed by atoms with Crippen LogP contribution in [-0.4, -0.2) is 65.9 Å². The third kappa shape index (κ3) is 11.4. The molecule has 0 aliphatic rings. The number of carbonyl (C=O) groups excluding carboxylic acids is 1. The number of carboxylic acids is 1. The molecule has 37 heavy (non-hydrogen) atoms. The van der Waals surface area contributed by atoms with Crippen LogP contribution in [0.3, 0.4) is 0 Å². The molecule has 7 nitrogen and oxygen atoms in total. The summed E-state index contributed by atoms with van der Waals surface area (Å²) in [6.45, 7) is 5.21. The summed E-state index contributed by atoms with van der Waals surface area (Å²) in [5.74, 6) is -0.00277. The number of thioether (sulfide) groups is 1. The van der Waals surface area contributed by atoms with Gasteiger partial charge in [0.25, 0.3) is 0 Å². The molecule has 0 bridgehead atoms. The SMILES string of the molecule is CCCCSCCN(CCOc1ccc(CC(OCC)C(=O)O)cc1)C(=O)NCc1ccc(F)cc1F. The lowest BCUT2D eigenvalue weighted by Gasteiger charge is -2.23. The molecule has 10 heteroatoms. The van der Waals surface area contributed by atoms with E-state index in [0.717, 1.165) is 42.0 Å². The minimum absolute atomic E-state index is 0.0498. The minimum Gasteiger partial charge on any atom is -0.492 e. The average molecular weight is 539 g/mol. The Kier molecular flexibility index (Phi) is 13.8. The Balaban J connectivity index is 1.89. The van der Waals surface area contributed by atoms with Gasteiger partial charge in [0.05, 0.1) is 6.54 Å². The van der Waals surface area contributed by atoms with Crippen LogP contribution >= 0.6 is 11.8 Å². The van der Waals surface area contributed by atoms with E-state index >= 15 is 0 Å². The maximum Gasteiger partial charge on any atom is 0.333 e. The van der Waals surface area contributed by atoms with Crippen molar-refractivity contribution in [2.75, 3.05) is 37.8 Å². The highest BCUT2D eigenvalue weighted by Crippen LogP contribution is 2.15. The van der Waals surface area contributed by atoms with E-state index in [-0.39, 0.29) is 31.2 Å². The monoisotopic (exact) mass is 538 g/mol. The van der Waals surface area contributed by atoms with E-state index in [2.05, 4.69) is 12.2 Å². The molecule has 0 saturated carbocycles. The number of ether oxygens (including phenoxy) is 2. The van der Waals surface area contributed by atoms with Crippen molar-refractivity contribution >= 4 is 23.8 Å². The van der Waals surface area contributed by atoms with Crippen molar-refractivity contribution in [1.82, 2.24) is 10.2 Å². The normalized spacial score (nSPS) is 11.7. The highest BCUT2D eigenvalue weighted by Gasteiger charge is 2.18. The minimum atomic E-state index is -1.00. The highest BCUT2D eigenvalue weighted by atomic mass is 32.2. The number of unbranched alkanes of at least 4 members (excludes halogenated alkanes) is 1. The molecule has 0 aromatic heterocycles. The Bertz CT molecular complexity index is 978. The molecule has 0 fully saturated rings. The number of benzene rings is 2. The van der Waals surface area contributed by atoms with Gasteiger partial charge in [0, 0.05) is 43.5 Å². The van der Waals surface area contributed by atoms with Gasteiger partial charge in [0.15, 0.2) is 6.10 Å². The van der Waals surface area contributed by atoms with E-state index in [0.29, 0.717) is 25.4 Å². The summed E-state index contributed by atoms with van der Waals surface area (Å²) < 4.78 is 38.1. The summed E-state index contributed by atoms with van der Waals surface area (Å²) in [4.78, 5) is 25.7. The van der Waals surface area contributed by atoms with E-state index < -0.39 is 23.7 Å². The zero-order chi connectivity index (χ0) is 27.0. The lowest BCUT2D eigenvalue weighted by atomic mass is 10.1. The lowest BCUT2D eigenvalue weighted by Crippen LogP contribution is -2.43. The van der Waals surface area contributed by atoms with E-state index in [1.54, 1.807) is 47.9 Å². The first-order valence-electron chi connectivity index (χ1n) is 12.4. The van der Waals surface area contributed by atoms with Crippen molar-refractivity contribution in [3.8, 4) is 5.75 Å². The number of hydrogen-bond donors (Lipinski definition) is 2. The number of rotatable bonds is 17. The van der Waals surface area contributed by atoms with Crippen LogP contribution in [0.25, 0.3) is 0 Å². The van der Waals surface area contributed by atoms with Crippen LogP contribution in [0.5, 0.6) is 5.75 Å². The third-order valence-corrected chi connectivity index (χ3v) is 6.55. The van der Waals surface area contributed by atoms with Crippen LogP contribution in [0.1, 0.15) is 37.8 Å². The Labute approximate surface area is 221 Å². The molecule has 0 heterocycles. The number of nitrogens with zero attached hydrogens (tertiary/aromatic N) is 1. The molecule has 204 valence electrons. The Morgan fingerprint density at radius 3 is 2.49 bits per heavy atom. The van der Waals surface area contributed by atoms with Crippen molar-refractivity contribution in [2.45, 2.75) is 45.8 Å².